The molecule has 1 atom stereocenters. The summed E-state index contributed by atoms with van der Waals surface area (Å²) in [4.78, 5) is 0. The van der Waals surface area contributed by atoms with Gasteiger partial charge in [-0.05, 0) is 30.7 Å². The third-order valence-electron chi connectivity index (χ3n) is 3.36. The van der Waals surface area contributed by atoms with E-state index in [0.29, 0.717) is 0 Å². The van der Waals surface area contributed by atoms with Crippen LogP contribution in [-0.4, -0.2) is 6.04 Å². The first kappa shape index (κ1) is 15.6. The molecule has 0 heterocycles. The van der Waals surface area contributed by atoms with Crippen LogP contribution >= 0.6 is 0 Å². The fraction of sp³-hybridized carbons (Fsp3) is 0.444. The smallest absolute Gasteiger partial charge is 0.0487 e. The van der Waals surface area contributed by atoms with E-state index in [-0.39, 0.29) is 11.5 Å². The summed E-state index contributed by atoms with van der Waals surface area (Å²) in [7, 11) is 0. The van der Waals surface area contributed by atoms with Crippen LogP contribution in [0, 0.1) is 12.3 Å². The van der Waals surface area contributed by atoms with Gasteiger partial charge in [0.1, 0.15) is 0 Å². The predicted octanol–water partition coefficient (Wildman–Crippen LogP) is 4.63. The normalized spacial score (nSPS) is 12.8. The van der Waals surface area contributed by atoms with Crippen molar-refractivity contribution in [2.45, 2.75) is 46.6 Å². The van der Waals surface area contributed by atoms with Crippen molar-refractivity contribution in [2.24, 2.45) is 5.41 Å². The summed E-state index contributed by atoms with van der Waals surface area (Å²) in [5.74, 6) is 0. The largest absolute Gasteiger partial charge is 0.382 e. The van der Waals surface area contributed by atoms with Gasteiger partial charge in [-0.25, -0.2) is 0 Å². The van der Waals surface area contributed by atoms with Crippen molar-refractivity contribution in [3.8, 4) is 0 Å². The number of hydrogen-bond donors (Lipinski definition) is 1. The SMILES string of the molecule is C=CC(NC(=C)CCc1ccc(C)cc1)C(C)(C)C. The molecule has 0 fully saturated rings. The lowest BCUT2D eigenvalue weighted by Gasteiger charge is -2.30. The fourth-order valence-corrected chi connectivity index (χ4v) is 1.97. The molecule has 1 heteroatoms. The van der Waals surface area contributed by atoms with Gasteiger partial charge in [-0.1, -0.05) is 63.3 Å². The molecule has 0 amide bonds. The van der Waals surface area contributed by atoms with Crippen molar-refractivity contribution in [1.82, 2.24) is 5.32 Å². The van der Waals surface area contributed by atoms with Crippen molar-refractivity contribution in [2.75, 3.05) is 0 Å². The standard InChI is InChI=1S/C18H27N/c1-7-17(18(4,5)6)19-15(3)10-13-16-11-8-14(2)9-12-16/h7-9,11-12,17,19H,1,3,10,13H2,2,4-6H3. The molecule has 1 unspecified atom stereocenters. The minimum absolute atomic E-state index is 0.161. The summed E-state index contributed by atoms with van der Waals surface area (Å²) in [5.41, 5.74) is 3.91. The van der Waals surface area contributed by atoms with E-state index < -0.39 is 0 Å². The Kier molecular flexibility index (Phi) is 5.41. The zero-order valence-corrected chi connectivity index (χ0v) is 12.8. The molecule has 0 aliphatic carbocycles. The Balaban J connectivity index is 2.47. The van der Waals surface area contributed by atoms with Gasteiger partial charge in [-0.3, -0.25) is 0 Å². The van der Waals surface area contributed by atoms with E-state index in [2.05, 4.69) is 70.4 Å². The van der Waals surface area contributed by atoms with Crippen LogP contribution in [0.5, 0.6) is 0 Å². The number of hydrogen-bond acceptors (Lipinski definition) is 1. The number of rotatable bonds is 6. The van der Waals surface area contributed by atoms with E-state index in [1.165, 1.54) is 11.1 Å². The van der Waals surface area contributed by atoms with Crippen molar-refractivity contribution in [3.63, 3.8) is 0 Å². The lowest BCUT2D eigenvalue weighted by atomic mass is 9.86. The van der Waals surface area contributed by atoms with Gasteiger partial charge >= 0.3 is 0 Å². The summed E-state index contributed by atoms with van der Waals surface area (Å²) in [6.45, 7) is 16.8. The van der Waals surface area contributed by atoms with E-state index in [1.54, 1.807) is 0 Å². The lowest BCUT2D eigenvalue weighted by molar-refractivity contribution is 0.328. The van der Waals surface area contributed by atoms with Gasteiger partial charge in [0.2, 0.25) is 0 Å². The van der Waals surface area contributed by atoms with Gasteiger partial charge in [-0.2, -0.15) is 0 Å². The predicted molar refractivity (Wildman–Crippen MR) is 85.2 cm³/mol. The third kappa shape index (κ3) is 5.34. The monoisotopic (exact) mass is 257 g/mol. The number of allylic oxidation sites excluding steroid dienone is 1. The average Bonchev–Trinajstić information content (AvgIpc) is 2.34. The number of benzene rings is 1. The van der Waals surface area contributed by atoms with Crippen LogP contribution in [0.4, 0.5) is 0 Å². The number of aryl methyl sites for hydroxylation is 2. The Hall–Kier alpha value is -1.50. The average molecular weight is 257 g/mol. The summed E-state index contributed by atoms with van der Waals surface area (Å²) in [6.07, 6.45) is 3.96. The molecule has 1 nitrogen and oxygen atoms in total. The van der Waals surface area contributed by atoms with Gasteiger partial charge in [0.05, 0.1) is 0 Å². The van der Waals surface area contributed by atoms with Crippen molar-refractivity contribution >= 4 is 0 Å². The van der Waals surface area contributed by atoms with Crippen molar-refractivity contribution in [1.29, 1.82) is 0 Å². The Morgan fingerprint density at radius 3 is 2.32 bits per heavy atom. The zero-order valence-electron chi connectivity index (χ0n) is 12.8. The first-order valence-corrected chi connectivity index (χ1v) is 6.95. The number of nitrogens with one attached hydrogen (secondary N) is 1. The molecule has 0 aromatic heterocycles. The maximum atomic E-state index is 4.13. The van der Waals surface area contributed by atoms with Crippen molar-refractivity contribution < 1.29 is 0 Å². The topological polar surface area (TPSA) is 12.0 Å². The molecule has 0 saturated heterocycles. The first-order chi connectivity index (χ1) is 8.82. The van der Waals surface area contributed by atoms with Gasteiger partial charge in [-0.15, -0.1) is 6.58 Å². The van der Waals surface area contributed by atoms with E-state index in [4.69, 9.17) is 0 Å². The molecule has 1 aromatic carbocycles. The summed E-state index contributed by atoms with van der Waals surface area (Å²) >= 11 is 0. The van der Waals surface area contributed by atoms with Gasteiger partial charge in [0.25, 0.3) is 0 Å². The molecular formula is C18H27N. The second-order valence-corrected chi connectivity index (χ2v) is 6.31. The first-order valence-electron chi connectivity index (χ1n) is 6.95. The highest BCUT2D eigenvalue weighted by molar-refractivity contribution is 5.22. The summed E-state index contributed by atoms with van der Waals surface area (Å²) in [5, 5.41) is 3.48. The molecule has 0 saturated carbocycles. The van der Waals surface area contributed by atoms with Crippen LogP contribution in [0.2, 0.25) is 0 Å². The summed E-state index contributed by atoms with van der Waals surface area (Å²) in [6, 6.07) is 8.97. The van der Waals surface area contributed by atoms with Crippen LogP contribution in [0.1, 0.15) is 38.3 Å². The highest BCUT2D eigenvalue weighted by atomic mass is 14.9. The molecule has 0 radical (unpaired) electrons. The maximum absolute atomic E-state index is 4.13. The van der Waals surface area contributed by atoms with Crippen LogP contribution < -0.4 is 5.32 Å². The van der Waals surface area contributed by atoms with E-state index in [9.17, 15) is 0 Å². The highest BCUT2D eigenvalue weighted by Crippen LogP contribution is 2.21. The Bertz CT molecular complexity index is 420. The maximum Gasteiger partial charge on any atom is 0.0487 e. The molecule has 19 heavy (non-hydrogen) atoms. The van der Waals surface area contributed by atoms with E-state index in [0.717, 1.165) is 18.5 Å². The molecule has 1 aromatic rings. The molecule has 1 N–H and O–H groups in total. The minimum Gasteiger partial charge on any atom is -0.382 e. The highest BCUT2D eigenvalue weighted by Gasteiger charge is 2.21. The quantitative estimate of drug-likeness (QED) is 0.733. The van der Waals surface area contributed by atoms with Gasteiger partial charge in [0.15, 0.2) is 0 Å². The molecule has 104 valence electrons. The minimum atomic E-state index is 0.161. The third-order valence-corrected chi connectivity index (χ3v) is 3.36. The van der Waals surface area contributed by atoms with E-state index >= 15 is 0 Å². The molecular weight excluding hydrogens is 230 g/mol. The second-order valence-electron chi connectivity index (χ2n) is 6.31. The van der Waals surface area contributed by atoms with Gasteiger partial charge < -0.3 is 5.32 Å². The molecule has 0 aliphatic heterocycles. The van der Waals surface area contributed by atoms with Crippen LogP contribution in [0.15, 0.2) is 49.2 Å². The molecule has 0 aliphatic rings. The van der Waals surface area contributed by atoms with Gasteiger partial charge in [0, 0.05) is 11.7 Å². The molecule has 1 rings (SSSR count). The fourth-order valence-electron chi connectivity index (χ4n) is 1.97. The summed E-state index contributed by atoms with van der Waals surface area (Å²) < 4.78 is 0. The second kappa shape index (κ2) is 6.60. The molecule has 0 spiro atoms. The van der Waals surface area contributed by atoms with Crippen LogP contribution in [-0.2, 0) is 6.42 Å². The Labute approximate surface area is 118 Å². The lowest BCUT2D eigenvalue weighted by Crippen LogP contribution is -2.37. The van der Waals surface area contributed by atoms with Crippen molar-refractivity contribution in [3.05, 3.63) is 60.3 Å². The molecule has 0 bridgehead atoms. The Morgan fingerprint density at radius 2 is 1.84 bits per heavy atom. The Morgan fingerprint density at radius 1 is 1.26 bits per heavy atom. The zero-order chi connectivity index (χ0) is 14.5. The van der Waals surface area contributed by atoms with Crippen LogP contribution in [0.3, 0.4) is 0 Å². The van der Waals surface area contributed by atoms with E-state index in [1.807, 2.05) is 6.08 Å². The van der Waals surface area contributed by atoms with Crippen LogP contribution in [0.25, 0.3) is 0 Å².